The van der Waals surface area contributed by atoms with E-state index in [0.717, 1.165) is 23.8 Å². The molecule has 2 heterocycles. The Morgan fingerprint density at radius 2 is 2.31 bits per heavy atom. The van der Waals surface area contributed by atoms with E-state index in [1.807, 2.05) is 11.6 Å². The molecule has 0 bridgehead atoms. The predicted molar refractivity (Wildman–Crippen MR) is 62.9 cm³/mol. The van der Waals surface area contributed by atoms with Crippen molar-refractivity contribution < 1.29 is 4.74 Å². The van der Waals surface area contributed by atoms with E-state index in [-0.39, 0.29) is 0 Å². The van der Waals surface area contributed by atoms with Crippen LogP contribution in [0.3, 0.4) is 0 Å². The Labute approximate surface area is 97.5 Å². The molecule has 16 heavy (non-hydrogen) atoms. The second kappa shape index (κ2) is 5.41. The second-order valence-corrected chi connectivity index (χ2v) is 4.03. The molecule has 0 aromatic carbocycles. The summed E-state index contributed by atoms with van der Waals surface area (Å²) in [5.41, 5.74) is 0. The van der Waals surface area contributed by atoms with E-state index < -0.39 is 0 Å². The summed E-state index contributed by atoms with van der Waals surface area (Å²) in [6.07, 6.45) is 4.18. The first kappa shape index (κ1) is 10.8. The van der Waals surface area contributed by atoms with Crippen LogP contribution >= 0.6 is 11.3 Å². The van der Waals surface area contributed by atoms with Gasteiger partial charge in [0.1, 0.15) is 12.1 Å². The van der Waals surface area contributed by atoms with Crippen molar-refractivity contribution in [3.8, 4) is 5.88 Å². The fraction of sp³-hybridized carbons (Fsp3) is 0.300. The summed E-state index contributed by atoms with van der Waals surface area (Å²) in [5.74, 6) is 1.33. The van der Waals surface area contributed by atoms with Crippen molar-refractivity contribution in [3.05, 3.63) is 29.0 Å². The number of rotatable bonds is 5. The van der Waals surface area contributed by atoms with Crippen LogP contribution in [-0.4, -0.2) is 28.6 Å². The number of hydrogen-bond donors (Lipinski definition) is 1. The van der Waals surface area contributed by atoms with Crippen molar-refractivity contribution in [2.75, 3.05) is 19.0 Å². The molecule has 5 nitrogen and oxygen atoms in total. The molecule has 2 aromatic heterocycles. The van der Waals surface area contributed by atoms with Gasteiger partial charge in [-0.3, -0.25) is 0 Å². The van der Waals surface area contributed by atoms with E-state index in [9.17, 15) is 0 Å². The summed E-state index contributed by atoms with van der Waals surface area (Å²) in [5, 5.41) is 6.29. The molecule has 84 valence electrons. The summed E-state index contributed by atoms with van der Waals surface area (Å²) >= 11 is 1.66. The Hall–Kier alpha value is -1.69. The smallest absolute Gasteiger partial charge is 0.218 e. The highest BCUT2D eigenvalue weighted by molar-refractivity contribution is 7.09. The highest BCUT2D eigenvalue weighted by Gasteiger charge is 1.99. The molecule has 0 saturated carbocycles. The highest BCUT2D eigenvalue weighted by atomic mass is 32.1. The van der Waals surface area contributed by atoms with Crippen LogP contribution in [0.1, 0.15) is 5.01 Å². The minimum absolute atomic E-state index is 0.562. The molecule has 0 aliphatic rings. The fourth-order valence-electron chi connectivity index (χ4n) is 1.22. The van der Waals surface area contributed by atoms with Crippen LogP contribution in [0.15, 0.2) is 24.0 Å². The van der Waals surface area contributed by atoms with Crippen molar-refractivity contribution in [1.82, 2.24) is 15.0 Å². The summed E-state index contributed by atoms with van der Waals surface area (Å²) in [7, 11) is 1.59. The summed E-state index contributed by atoms with van der Waals surface area (Å²) in [6.45, 7) is 0.799. The Balaban J connectivity index is 1.85. The van der Waals surface area contributed by atoms with Crippen LogP contribution in [0, 0.1) is 0 Å². The molecular weight excluding hydrogens is 224 g/mol. The van der Waals surface area contributed by atoms with E-state index >= 15 is 0 Å². The van der Waals surface area contributed by atoms with Crippen molar-refractivity contribution in [2.45, 2.75) is 6.42 Å². The van der Waals surface area contributed by atoms with E-state index in [4.69, 9.17) is 4.74 Å². The summed E-state index contributed by atoms with van der Waals surface area (Å²) < 4.78 is 5.01. The molecule has 1 N–H and O–H groups in total. The van der Waals surface area contributed by atoms with Gasteiger partial charge in [-0.05, 0) is 0 Å². The first-order valence-electron chi connectivity index (χ1n) is 4.87. The molecule has 2 rings (SSSR count). The quantitative estimate of drug-likeness (QED) is 0.854. The average Bonchev–Trinajstić information content (AvgIpc) is 2.82. The van der Waals surface area contributed by atoms with E-state index in [1.165, 1.54) is 6.33 Å². The van der Waals surface area contributed by atoms with Crippen LogP contribution in [0.4, 0.5) is 5.82 Å². The van der Waals surface area contributed by atoms with Crippen molar-refractivity contribution in [2.24, 2.45) is 0 Å². The molecule has 0 amide bonds. The highest BCUT2D eigenvalue weighted by Crippen LogP contribution is 2.10. The Bertz CT molecular complexity index is 432. The maximum absolute atomic E-state index is 5.01. The zero-order valence-electron chi connectivity index (χ0n) is 8.88. The lowest BCUT2D eigenvalue weighted by molar-refractivity contribution is 0.397. The van der Waals surface area contributed by atoms with Crippen LogP contribution in [0.5, 0.6) is 5.88 Å². The first-order valence-corrected chi connectivity index (χ1v) is 5.75. The molecule has 0 aliphatic carbocycles. The molecular formula is C10H12N4OS. The van der Waals surface area contributed by atoms with Crippen molar-refractivity contribution >= 4 is 17.2 Å². The average molecular weight is 236 g/mol. The molecule has 0 spiro atoms. The zero-order chi connectivity index (χ0) is 11.2. The maximum atomic E-state index is 5.01. The SMILES string of the molecule is COc1cc(NCCc2nccs2)ncn1. The van der Waals surface area contributed by atoms with Gasteiger partial charge in [-0.2, -0.15) is 0 Å². The van der Waals surface area contributed by atoms with Gasteiger partial charge in [-0.25, -0.2) is 15.0 Å². The van der Waals surface area contributed by atoms with Crippen molar-refractivity contribution in [3.63, 3.8) is 0 Å². The number of thiazole rings is 1. The lowest BCUT2D eigenvalue weighted by atomic mass is 10.4. The second-order valence-electron chi connectivity index (χ2n) is 3.05. The molecule has 0 aliphatic heterocycles. The lowest BCUT2D eigenvalue weighted by Gasteiger charge is -2.04. The summed E-state index contributed by atoms with van der Waals surface area (Å²) in [4.78, 5) is 12.2. The van der Waals surface area contributed by atoms with Crippen LogP contribution in [0.25, 0.3) is 0 Å². The first-order chi connectivity index (χ1) is 7.88. The molecule has 0 radical (unpaired) electrons. The minimum atomic E-state index is 0.562. The van der Waals surface area contributed by atoms with Crippen LogP contribution < -0.4 is 10.1 Å². The largest absolute Gasteiger partial charge is 0.481 e. The topological polar surface area (TPSA) is 59.9 Å². The number of aromatic nitrogens is 3. The number of hydrogen-bond acceptors (Lipinski definition) is 6. The van der Waals surface area contributed by atoms with Gasteiger partial charge < -0.3 is 10.1 Å². The summed E-state index contributed by atoms with van der Waals surface area (Å²) in [6, 6.07) is 1.77. The van der Waals surface area contributed by atoms with Gasteiger partial charge in [0.25, 0.3) is 0 Å². The number of methoxy groups -OCH3 is 1. The van der Waals surface area contributed by atoms with Crippen LogP contribution in [-0.2, 0) is 6.42 Å². The van der Waals surface area contributed by atoms with E-state index in [2.05, 4.69) is 20.3 Å². The van der Waals surface area contributed by atoms with Gasteiger partial charge in [-0.1, -0.05) is 0 Å². The number of nitrogens with zero attached hydrogens (tertiary/aromatic N) is 3. The van der Waals surface area contributed by atoms with Gasteiger partial charge in [-0.15, -0.1) is 11.3 Å². The molecule has 0 atom stereocenters. The number of ether oxygens (including phenoxy) is 1. The normalized spacial score (nSPS) is 10.1. The van der Waals surface area contributed by atoms with Crippen LogP contribution in [0.2, 0.25) is 0 Å². The Morgan fingerprint density at radius 1 is 1.38 bits per heavy atom. The maximum Gasteiger partial charge on any atom is 0.218 e. The number of anilines is 1. The predicted octanol–water partition coefficient (Wildman–Crippen LogP) is 1.60. The molecule has 6 heteroatoms. The Kier molecular flexibility index (Phi) is 3.66. The monoisotopic (exact) mass is 236 g/mol. The molecule has 2 aromatic rings. The van der Waals surface area contributed by atoms with Gasteiger partial charge in [0, 0.05) is 30.6 Å². The van der Waals surface area contributed by atoms with Gasteiger partial charge in [0.05, 0.1) is 12.1 Å². The Morgan fingerprint density at radius 3 is 3.06 bits per heavy atom. The molecule has 0 unspecified atom stereocenters. The fourth-order valence-corrected chi connectivity index (χ4v) is 1.84. The third-order valence-electron chi connectivity index (χ3n) is 1.98. The number of nitrogens with one attached hydrogen (secondary N) is 1. The third-order valence-corrected chi connectivity index (χ3v) is 2.82. The van der Waals surface area contributed by atoms with Crippen molar-refractivity contribution in [1.29, 1.82) is 0 Å². The third kappa shape index (κ3) is 2.90. The van der Waals surface area contributed by atoms with Gasteiger partial charge >= 0.3 is 0 Å². The van der Waals surface area contributed by atoms with E-state index in [0.29, 0.717) is 5.88 Å². The molecule has 0 fully saturated rings. The molecule has 0 saturated heterocycles. The standard InChI is InChI=1S/C10H12N4OS/c1-15-9-6-8(13-7-14-9)11-3-2-10-12-4-5-16-10/h4-7H,2-3H2,1H3,(H,11,13,14). The minimum Gasteiger partial charge on any atom is -0.481 e. The van der Waals surface area contributed by atoms with Gasteiger partial charge in [0.2, 0.25) is 5.88 Å². The lowest BCUT2D eigenvalue weighted by Crippen LogP contribution is -2.06. The zero-order valence-corrected chi connectivity index (χ0v) is 9.70. The van der Waals surface area contributed by atoms with E-state index in [1.54, 1.807) is 24.5 Å². The van der Waals surface area contributed by atoms with Gasteiger partial charge in [0.15, 0.2) is 0 Å².